The second-order valence-corrected chi connectivity index (χ2v) is 4.88. The third kappa shape index (κ3) is 3.86. The van der Waals surface area contributed by atoms with Crippen molar-refractivity contribution in [2.75, 3.05) is 7.11 Å². The summed E-state index contributed by atoms with van der Waals surface area (Å²) >= 11 is 0. The minimum Gasteiger partial charge on any atom is -0.507 e. The van der Waals surface area contributed by atoms with Gasteiger partial charge in [-0.2, -0.15) is 0 Å². The highest BCUT2D eigenvalue weighted by Gasteiger charge is 2.25. The maximum absolute atomic E-state index is 11.7. The number of carbonyl (C=O) groups excluding carboxylic acids is 1. The van der Waals surface area contributed by atoms with E-state index in [4.69, 9.17) is 4.74 Å². The van der Waals surface area contributed by atoms with Crippen LogP contribution in [-0.4, -0.2) is 30.2 Å². The predicted molar refractivity (Wildman–Crippen MR) is 72.1 cm³/mol. The van der Waals surface area contributed by atoms with Gasteiger partial charge in [-0.1, -0.05) is 6.07 Å². The number of phenols is 1. The van der Waals surface area contributed by atoms with Gasteiger partial charge in [-0.05, 0) is 25.8 Å². The number of benzene rings is 1. The standard InChI is InChI=1S/C14H20N2O3/c1-9(14(18)16-11-4-5-11)15-8-10-3-6-12(19-2)7-13(10)17/h3,6-7,9,11,15,17H,4-5,8H2,1-2H3,(H,16,18). The van der Waals surface area contributed by atoms with Crippen molar-refractivity contribution in [2.45, 2.75) is 38.4 Å². The van der Waals surface area contributed by atoms with Crippen LogP contribution < -0.4 is 15.4 Å². The Morgan fingerprint density at radius 1 is 1.53 bits per heavy atom. The molecule has 5 nitrogen and oxygen atoms in total. The SMILES string of the molecule is COc1ccc(CNC(C)C(=O)NC2CC2)c(O)c1. The van der Waals surface area contributed by atoms with Gasteiger partial charge >= 0.3 is 0 Å². The Morgan fingerprint density at radius 2 is 2.26 bits per heavy atom. The fourth-order valence-electron chi connectivity index (χ4n) is 1.73. The van der Waals surface area contributed by atoms with E-state index in [9.17, 15) is 9.90 Å². The van der Waals surface area contributed by atoms with Crippen LogP contribution in [0.4, 0.5) is 0 Å². The average Bonchev–Trinajstić information content (AvgIpc) is 3.20. The maximum atomic E-state index is 11.7. The number of hydrogen-bond donors (Lipinski definition) is 3. The van der Waals surface area contributed by atoms with E-state index in [1.807, 2.05) is 6.92 Å². The molecule has 1 unspecified atom stereocenters. The number of rotatable bonds is 6. The topological polar surface area (TPSA) is 70.6 Å². The summed E-state index contributed by atoms with van der Waals surface area (Å²) in [5, 5.41) is 15.8. The summed E-state index contributed by atoms with van der Waals surface area (Å²) < 4.78 is 5.02. The molecule has 0 aliphatic heterocycles. The van der Waals surface area contributed by atoms with Crippen LogP contribution >= 0.6 is 0 Å². The van der Waals surface area contributed by atoms with Crippen LogP contribution in [0.2, 0.25) is 0 Å². The highest BCUT2D eigenvalue weighted by molar-refractivity contribution is 5.81. The van der Waals surface area contributed by atoms with Crippen LogP contribution in [0.25, 0.3) is 0 Å². The fourth-order valence-corrected chi connectivity index (χ4v) is 1.73. The van der Waals surface area contributed by atoms with E-state index >= 15 is 0 Å². The second kappa shape index (κ2) is 5.93. The van der Waals surface area contributed by atoms with Crippen molar-refractivity contribution in [1.29, 1.82) is 0 Å². The van der Waals surface area contributed by atoms with Gasteiger partial charge < -0.3 is 20.5 Å². The van der Waals surface area contributed by atoms with Crippen LogP contribution in [-0.2, 0) is 11.3 Å². The zero-order chi connectivity index (χ0) is 13.8. The lowest BCUT2D eigenvalue weighted by Gasteiger charge is -2.14. The van der Waals surface area contributed by atoms with E-state index in [0.717, 1.165) is 18.4 Å². The summed E-state index contributed by atoms with van der Waals surface area (Å²) in [4.78, 5) is 11.7. The van der Waals surface area contributed by atoms with Gasteiger partial charge in [0, 0.05) is 24.2 Å². The molecule has 1 aliphatic carbocycles. The van der Waals surface area contributed by atoms with Crippen LogP contribution in [0.1, 0.15) is 25.3 Å². The fraction of sp³-hybridized carbons (Fsp3) is 0.500. The number of ether oxygens (including phenoxy) is 1. The smallest absolute Gasteiger partial charge is 0.237 e. The molecule has 0 spiro atoms. The highest BCUT2D eigenvalue weighted by Crippen LogP contribution is 2.23. The van der Waals surface area contributed by atoms with Crippen LogP contribution in [0.3, 0.4) is 0 Å². The molecular weight excluding hydrogens is 244 g/mol. The van der Waals surface area contributed by atoms with Crippen molar-refractivity contribution in [3.05, 3.63) is 23.8 Å². The number of amides is 1. The molecule has 2 rings (SSSR count). The number of nitrogens with one attached hydrogen (secondary N) is 2. The first-order valence-corrected chi connectivity index (χ1v) is 6.50. The molecule has 1 aromatic carbocycles. The van der Waals surface area contributed by atoms with Gasteiger partial charge in [0.2, 0.25) is 5.91 Å². The van der Waals surface area contributed by atoms with Gasteiger partial charge in [0.05, 0.1) is 13.2 Å². The van der Waals surface area contributed by atoms with E-state index in [1.165, 1.54) is 0 Å². The van der Waals surface area contributed by atoms with E-state index in [2.05, 4.69) is 10.6 Å². The molecule has 3 N–H and O–H groups in total. The quantitative estimate of drug-likeness (QED) is 0.721. The first-order chi connectivity index (χ1) is 9.10. The number of phenolic OH excluding ortho intramolecular Hbond substituents is 1. The lowest BCUT2D eigenvalue weighted by atomic mass is 10.1. The molecule has 1 amide bonds. The van der Waals surface area contributed by atoms with Crippen molar-refractivity contribution < 1.29 is 14.6 Å². The summed E-state index contributed by atoms with van der Waals surface area (Å²) in [5.74, 6) is 0.790. The van der Waals surface area contributed by atoms with Gasteiger partial charge in [-0.15, -0.1) is 0 Å². The summed E-state index contributed by atoms with van der Waals surface area (Å²) in [6, 6.07) is 5.22. The Kier molecular flexibility index (Phi) is 4.27. The molecular formula is C14H20N2O3. The molecule has 0 saturated heterocycles. The maximum Gasteiger partial charge on any atom is 0.237 e. The zero-order valence-electron chi connectivity index (χ0n) is 11.3. The normalized spacial score (nSPS) is 15.9. The first-order valence-electron chi connectivity index (χ1n) is 6.50. The summed E-state index contributed by atoms with van der Waals surface area (Å²) in [7, 11) is 1.55. The van der Waals surface area contributed by atoms with Gasteiger partial charge in [-0.25, -0.2) is 0 Å². The van der Waals surface area contributed by atoms with Crippen molar-refractivity contribution in [1.82, 2.24) is 10.6 Å². The Bertz CT molecular complexity index is 458. The molecule has 104 valence electrons. The van der Waals surface area contributed by atoms with E-state index < -0.39 is 0 Å². The summed E-state index contributed by atoms with van der Waals surface area (Å²) in [6.45, 7) is 2.26. The third-order valence-electron chi connectivity index (χ3n) is 3.21. The predicted octanol–water partition coefficient (Wildman–Crippen LogP) is 1.16. The molecule has 0 bridgehead atoms. The number of carbonyl (C=O) groups is 1. The molecule has 0 heterocycles. The molecule has 0 aromatic heterocycles. The molecule has 5 heteroatoms. The largest absolute Gasteiger partial charge is 0.507 e. The summed E-state index contributed by atoms with van der Waals surface area (Å²) in [5.41, 5.74) is 0.742. The van der Waals surface area contributed by atoms with Crippen LogP contribution in [0.15, 0.2) is 18.2 Å². The lowest BCUT2D eigenvalue weighted by molar-refractivity contribution is -0.122. The zero-order valence-corrected chi connectivity index (χ0v) is 11.3. The van der Waals surface area contributed by atoms with E-state index in [-0.39, 0.29) is 17.7 Å². The Labute approximate surface area is 113 Å². The molecule has 1 atom stereocenters. The molecule has 19 heavy (non-hydrogen) atoms. The number of hydrogen-bond acceptors (Lipinski definition) is 4. The van der Waals surface area contributed by atoms with Crippen LogP contribution in [0, 0.1) is 0 Å². The van der Waals surface area contributed by atoms with Crippen LogP contribution in [0.5, 0.6) is 11.5 Å². The Hall–Kier alpha value is -1.75. The second-order valence-electron chi connectivity index (χ2n) is 4.88. The van der Waals surface area contributed by atoms with Gasteiger partial charge in [-0.3, -0.25) is 4.79 Å². The van der Waals surface area contributed by atoms with Crippen molar-refractivity contribution in [3.63, 3.8) is 0 Å². The first kappa shape index (κ1) is 13.7. The average molecular weight is 264 g/mol. The Morgan fingerprint density at radius 3 is 2.84 bits per heavy atom. The van der Waals surface area contributed by atoms with Gasteiger partial charge in [0.15, 0.2) is 0 Å². The Balaban J connectivity index is 1.85. The monoisotopic (exact) mass is 264 g/mol. The van der Waals surface area contributed by atoms with Gasteiger partial charge in [0.25, 0.3) is 0 Å². The number of aromatic hydroxyl groups is 1. The van der Waals surface area contributed by atoms with Crippen molar-refractivity contribution in [3.8, 4) is 11.5 Å². The third-order valence-corrected chi connectivity index (χ3v) is 3.21. The molecule has 1 saturated carbocycles. The van der Waals surface area contributed by atoms with Crippen molar-refractivity contribution >= 4 is 5.91 Å². The highest BCUT2D eigenvalue weighted by atomic mass is 16.5. The summed E-state index contributed by atoms with van der Waals surface area (Å²) in [6.07, 6.45) is 2.16. The van der Waals surface area contributed by atoms with Crippen molar-refractivity contribution in [2.24, 2.45) is 0 Å². The minimum absolute atomic E-state index is 0.00972. The minimum atomic E-state index is -0.276. The number of methoxy groups -OCH3 is 1. The van der Waals surface area contributed by atoms with E-state index in [1.54, 1.807) is 25.3 Å². The lowest BCUT2D eigenvalue weighted by Crippen LogP contribution is -2.42. The molecule has 0 radical (unpaired) electrons. The van der Waals surface area contributed by atoms with Gasteiger partial charge in [0.1, 0.15) is 11.5 Å². The molecule has 1 fully saturated rings. The van der Waals surface area contributed by atoms with E-state index in [0.29, 0.717) is 18.3 Å². The molecule has 1 aliphatic rings. The molecule has 1 aromatic rings.